The second kappa shape index (κ2) is 7.64. The van der Waals surface area contributed by atoms with Crippen LogP contribution in [-0.4, -0.2) is 18.6 Å². The van der Waals surface area contributed by atoms with Gasteiger partial charge in [0, 0.05) is 25.2 Å². The minimum atomic E-state index is 0.670. The van der Waals surface area contributed by atoms with E-state index in [0.717, 1.165) is 28.6 Å². The Bertz CT molecular complexity index is 602. The molecule has 1 heterocycles. The normalized spacial score (nSPS) is 10.7. The standard InChI is InChI=1S/C16H19Cl2N3/c1-3-19-10-15-14(18)8-9-16(20-15)21(2)11-12-6-4-5-7-13(12)17/h4-9,19H,3,10-11H2,1-2H3. The number of nitrogens with one attached hydrogen (secondary N) is 1. The maximum Gasteiger partial charge on any atom is 0.129 e. The van der Waals surface area contributed by atoms with Gasteiger partial charge in [-0.05, 0) is 30.3 Å². The van der Waals surface area contributed by atoms with Crippen LogP contribution in [0, 0.1) is 0 Å². The molecule has 2 aromatic rings. The average Bonchev–Trinajstić information content (AvgIpc) is 2.48. The van der Waals surface area contributed by atoms with Gasteiger partial charge >= 0.3 is 0 Å². The van der Waals surface area contributed by atoms with Gasteiger partial charge in [0.25, 0.3) is 0 Å². The Labute approximate surface area is 135 Å². The van der Waals surface area contributed by atoms with Crippen molar-refractivity contribution in [2.24, 2.45) is 0 Å². The zero-order valence-corrected chi connectivity index (χ0v) is 13.7. The highest BCUT2D eigenvalue weighted by molar-refractivity contribution is 6.31. The molecule has 0 unspecified atom stereocenters. The van der Waals surface area contributed by atoms with Gasteiger partial charge in [-0.25, -0.2) is 4.98 Å². The van der Waals surface area contributed by atoms with Gasteiger partial charge in [0.2, 0.25) is 0 Å². The molecular weight excluding hydrogens is 305 g/mol. The van der Waals surface area contributed by atoms with Crippen LogP contribution in [0.5, 0.6) is 0 Å². The van der Waals surface area contributed by atoms with Gasteiger partial charge < -0.3 is 10.2 Å². The Balaban J connectivity index is 2.15. The Morgan fingerprint density at radius 2 is 1.86 bits per heavy atom. The smallest absolute Gasteiger partial charge is 0.129 e. The molecule has 0 radical (unpaired) electrons. The third-order valence-corrected chi connectivity index (χ3v) is 3.92. The number of nitrogens with zero attached hydrogens (tertiary/aromatic N) is 2. The second-order valence-corrected chi connectivity index (χ2v) is 5.64. The summed E-state index contributed by atoms with van der Waals surface area (Å²) in [7, 11) is 2.00. The molecule has 2 rings (SSSR count). The van der Waals surface area contributed by atoms with E-state index in [1.54, 1.807) is 0 Å². The van der Waals surface area contributed by atoms with E-state index in [4.69, 9.17) is 23.2 Å². The number of hydrogen-bond acceptors (Lipinski definition) is 3. The van der Waals surface area contributed by atoms with E-state index in [9.17, 15) is 0 Å². The molecule has 1 aromatic heterocycles. The lowest BCUT2D eigenvalue weighted by Crippen LogP contribution is -2.20. The highest BCUT2D eigenvalue weighted by atomic mass is 35.5. The first-order valence-electron chi connectivity index (χ1n) is 6.92. The first-order valence-corrected chi connectivity index (χ1v) is 7.68. The van der Waals surface area contributed by atoms with E-state index < -0.39 is 0 Å². The summed E-state index contributed by atoms with van der Waals surface area (Å²) >= 11 is 12.4. The molecule has 112 valence electrons. The molecule has 3 nitrogen and oxygen atoms in total. The van der Waals surface area contributed by atoms with Gasteiger partial charge in [0.05, 0.1) is 10.7 Å². The van der Waals surface area contributed by atoms with E-state index in [0.29, 0.717) is 18.1 Å². The molecule has 0 atom stereocenters. The Morgan fingerprint density at radius 1 is 1.10 bits per heavy atom. The van der Waals surface area contributed by atoms with Crippen molar-refractivity contribution in [2.75, 3.05) is 18.5 Å². The van der Waals surface area contributed by atoms with Gasteiger partial charge in [-0.15, -0.1) is 0 Å². The molecule has 0 bridgehead atoms. The van der Waals surface area contributed by atoms with Crippen molar-refractivity contribution in [1.82, 2.24) is 10.3 Å². The first kappa shape index (κ1) is 16.1. The molecule has 0 amide bonds. The summed E-state index contributed by atoms with van der Waals surface area (Å²) in [5.41, 5.74) is 1.94. The highest BCUT2D eigenvalue weighted by Gasteiger charge is 2.09. The number of hydrogen-bond donors (Lipinski definition) is 1. The first-order chi connectivity index (χ1) is 10.1. The van der Waals surface area contributed by atoms with Crippen LogP contribution >= 0.6 is 23.2 Å². The average molecular weight is 324 g/mol. The second-order valence-electron chi connectivity index (χ2n) is 4.83. The Kier molecular flexibility index (Phi) is 5.85. The quantitative estimate of drug-likeness (QED) is 0.866. The zero-order chi connectivity index (χ0) is 15.2. The summed E-state index contributed by atoms with van der Waals surface area (Å²) in [6.45, 7) is 4.32. The van der Waals surface area contributed by atoms with Crippen LogP contribution in [0.15, 0.2) is 36.4 Å². The minimum absolute atomic E-state index is 0.670. The van der Waals surface area contributed by atoms with Crippen LogP contribution in [0.1, 0.15) is 18.2 Å². The lowest BCUT2D eigenvalue weighted by molar-refractivity contribution is 0.708. The number of anilines is 1. The van der Waals surface area contributed by atoms with Crippen LogP contribution in [0.4, 0.5) is 5.82 Å². The molecule has 5 heteroatoms. The lowest BCUT2D eigenvalue weighted by atomic mass is 10.2. The molecule has 0 fully saturated rings. The monoisotopic (exact) mass is 323 g/mol. The maximum absolute atomic E-state index is 6.20. The fraction of sp³-hybridized carbons (Fsp3) is 0.312. The maximum atomic E-state index is 6.20. The van der Waals surface area contributed by atoms with Gasteiger partial charge in [-0.1, -0.05) is 48.3 Å². The summed E-state index contributed by atoms with van der Waals surface area (Å²) in [4.78, 5) is 6.69. The highest BCUT2D eigenvalue weighted by Crippen LogP contribution is 2.22. The molecule has 21 heavy (non-hydrogen) atoms. The molecule has 0 aliphatic carbocycles. The van der Waals surface area contributed by atoms with E-state index in [-0.39, 0.29) is 0 Å². The summed E-state index contributed by atoms with van der Waals surface area (Å²) in [5.74, 6) is 0.882. The van der Waals surface area contributed by atoms with E-state index in [1.807, 2.05) is 43.4 Å². The van der Waals surface area contributed by atoms with Crippen molar-refractivity contribution in [3.8, 4) is 0 Å². The summed E-state index contributed by atoms with van der Waals surface area (Å²) in [6, 6.07) is 11.7. The van der Waals surface area contributed by atoms with Crippen LogP contribution in [0.3, 0.4) is 0 Å². The van der Waals surface area contributed by atoms with Crippen LogP contribution in [0.2, 0.25) is 10.0 Å². The van der Waals surface area contributed by atoms with E-state index >= 15 is 0 Å². The van der Waals surface area contributed by atoms with Crippen molar-refractivity contribution in [3.05, 3.63) is 57.7 Å². The molecule has 0 saturated heterocycles. The summed E-state index contributed by atoms with van der Waals surface area (Å²) in [6.07, 6.45) is 0. The van der Waals surface area contributed by atoms with Crippen molar-refractivity contribution in [1.29, 1.82) is 0 Å². The van der Waals surface area contributed by atoms with Crippen LogP contribution in [-0.2, 0) is 13.1 Å². The van der Waals surface area contributed by atoms with Crippen LogP contribution in [0.25, 0.3) is 0 Å². The molecule has 0 saturated carbocycles. The molecule has 0 aliphatic rings. The fourth-order valence-electron chi connectivity index (χ4n) is 2.02. The number of rotatable bonds is 6. The SMILES string of the molecule is CCNCc1nc(N(C)Cc2ccccc2Cl)ccc1Cl. The third kappa shape index (κ3) is 4.34. The van der Waals surface area contributed by atoms with Crippen LogP contribution < -0.4 is 10.2 Å². The topological polar surface area (TPSA) is 28.2 Å². The van der Waals surface area contributed by atoms with Crippen molar-refractivity contribution in [3.63, 3.8) is 0 Å². The molecule has 1 N–H and O–H groups in total. The van der Waals surface area contributed by atoms with E-state index in [2.05, 4.69) is 22.1 Å². The number of pyridine rings is 1. The third-order valence-electron chi connectivity index (χ3n) is 3.20. The molecule has 1 aromatic carbocycles. The van der Waals surface area contributed by atoms with Crippen molar-refractivity contribution in [2.45, 2.75) is 20.0 Å². The molecule has 0 aliphatic heterocycles. The molecular formula is C16H19Cl2N3. The lowest BCUT2D eigenvalue weighted by Gasteiger charge is -2.20. The number of aromatic nitrogens is 1. The minimum Gasteiger partial charge on any atom is -0.355 e. The fourth-order valence-corrected chi connectivity index (χ4v) is 2.38. The largest absolute Gasteiger partial charge is 0.355 e. The van der Waals surface area contributed by atoms with E-state index in [1.165, 1.54) is 0 Å². The van der Waals surface area contributed by atoms with Gasteiger partial charge in [-0.3, -0.25) is 0 Å². The van der Waals surface area contributed by atoms with Crippen molar-refractivity contribution >= 4 is 29.0 Å². The Morgan fingerprint density at radius 3 is 2.57 bits per heavy atom. The van der Waals surface area contributed by atoms with Gasteiger partial charge in [-0.2, -0.15) is 0 Å². The molecule has 0 spiro atoms. The number of benzene rings is 1. The number of halogens is 2. The van der Waals surface area contributed by atoms with Gasteiger partial charge in [0.15, 0.2) is 0 Å². The summed E-state index contributed by atoms with van der Waals surface area (Å²) < 4.78 is 0. The predicted octanol–water partition coefficient (Wildman–Crippen LogP) is 4.13. The van der Waals surface area contributed by atoms with Crippen molar-refractivity contribution < 1.29 is 0 Å². The summed E-state index contributed by atoms with van der Waals surface area (Å²) in [5, 5.41) is 4.70. The van der Waals surface area contributed by atoms with Gasteiger partial charge in [0.1, 0.15) is 5.82 Å². The zero-order valence-electron chi connectivity index (χ0n) is 12.2. The Hall–Kier alpha value is -1.29. The predicted molar refractivity (Wildman–Crippen MR) is 90.2 cm³/mol.